The highest BCUT2D eigenvalue weighted by atomic mass is 32.2. The van der Waals surface area contributed by atoms with E-state index in [1.807, 2.05) is 13.0 Å². The minimum atomic E-state index is -0.494. The minimum Gasteiger partial charge on any atom is -0.497 e. The van der Waals surface area contributed by atoms with E-state index in [1.165, 1.54) is 23.9 Å². The molecule has 1 unspecified atom stereocenters. The van der Waals surface area contributed by atoms with Gasteiger partial charge in [-0.25, -0.2) is 0 Å². The Labute approximate surface area is 201 Å². The van der Waals surface area contributed by atoms with Crippen molar-refractivity contribution in [3.63, 3.8) is 0 Å². The van der Waals surface area contributed by atoms with Crippen LogP contribution in [0.3, 0.4) is 0 Å². The first-order chi connectivity index (χ1) is 16.3. The van der Waals surface area contributed by atoms with E-state index in [2.05, 4.69) is 10.6 Å². The summed E-state index contributed by atoms with van der Waals surface area (Å²) in [5.41, 5.74) is 2.14. The molecule has 2 amide bonds. The van der Waals surface area contributed by atoms with Gasteiger partial charge >= 0.3 is 0 Å². The predicted molar refractivity (Wildman–Crippen MR) is 134 cm³/mol. The lowest BCUT2D eigenvalue weighted by atomic mass is 10.1. The highest BCUT2D eigenvalue weighted by molar-refractivity contribution is 8.00. The first-order valence-electron chi connectivity index (χ1n) is 10.6. The largest absolute Gasteiger partial charge is 0.497 e. The normalized spacial score (nSPS) is 11.4. The topological polar surface area (TPSA) is 111 Å². The summed E-state index contributed by atoms with van der Waals surface area (Å²) in [5.74, 6) is 0.0710. The van der Waals surface area contributed by atoms with Gasteiger partial charge in [-0.3, -0.25) is 19.7 Å². The molecule has 0 heterocycles. The third-order valence-electron chi connectivity index (χ3n) is 5.06. The Balaban J connectivity index is 1.70. The second kappa shape index (κ2) is 11.3. The van der Waals surface area contributed by atoms with Crippen molar-refractivity contribution >= 4 is 40.6 Å². The van der Waals surface area contributed by atoms with Crippen LogP contribution in [0.15, 0.2) is 71.6 Å². The van der Waals surface area contributed by atoms with Crippen LogP contribution in [-0.2, 0) is 4.79 Å². The molecule has 0 bridgehead atoms. The van der Waals surface area contributed by atoms with Crippen LogP contribution in [0.2, 0.25) is 0 Å². The third kappa shape index (κ3) is 6.35. The van der Waals surface area contributed by atoms with Crippen LogP contribution in [0.4, 0.5) is 17.1 Å². The SMILES string of the molecule is CCC(Sc1cccc(NC(=O)c2cccc(OC)c2)c1)C(=O)Nc1cc([N+](=O)[O-])ccc1C. The predicted octanol–water partition coefficient (Wildman–Crippen LogP) is 5.67. The molecule has 8 nitrogen and oxygen atoms in total. The molecule has 0 saturated heterocycles. The molecule has 34 heavy (non-hydrogen) atoms. The van der Waals surface area contributed by atoms with E-state index in [1.54, 1.807) is 62.6 Å². The quantitative estimate of drug-likeness (QED) is 0.232. The van der Waals surface area contributed by atoms with Crippen molar-refractivity contribution in [1.29, 1.82) is 0 Å². The van der Waals surface area contributed by atoms with Crippen LogP contribution in [0.5, 0.6) is 5.75 Å². The molecule has 9 heteroatoms. The van der Waals surface area contributed by atoms with Gasteiger partial charge in [0.25, 0.3) is 11.6 Å². The number of rotatable bonds is 9. The fraction of sp³-hybridized carbons (Fsp3) is 0.200. The van der Waals surface area contributed by atoms with Gasteiger partial charge in [-0.15, -0.1) is 11.8 Å². The van der Waals surface area contributed by atoms with Gasteiger partial charge < -0.3 is 15.4 Å². The van der Waals surface area contributed by atoms with Crippen molar-refractivity contribution in [2.45, 2.75) is 30.4 Å². The number of hydrogen-bond acceptors (Lipinski definition) is 6. The fourth-order valence-corrected chi connectivity index (χ4v) is 4.19. The summed E-state index contributed by atoms with van der Waals surface area (Å²) in [7, 11) is 1.54. The number of nitro groups is 1. The minimum absolute atomic E-state index is 0.0823. The number of hydrogen-bond donors (Lipinski definition) is 2. The fourth-order valence-electron chi connectivity index (χ4n) is 3.17. The van der Waals surface area contributed by atoms with E-state index in [0.29, 0.717) is 29.1 Å². The maximum atomic E-state index is 12.9. The molecular weight excluding hydrogens is 454 g/mol. The number of carbonyl (C=O) groups excluding carboxylic acids is 2. The van der Waals surface area contributed by atoms with Crippen LogP contribution >= 0.6 is 11.8 Å². The van der Waals surface area contributed by atoms with E-state index in [4.69, 9.17) is 4.74 Å². The van der Waals surface area contributed by atoms with Crippen LogP contribution < -0.4 is 15.4 Å². The Morgan fingerprint density at radius 3 is 2.53 bits per heavy atom. The Hall–Kier alpha value is -3.85. The number of amides is 2. The summed E-state index contributed by atoms with van der Waals surface area (Å²) in [5, 5.41) is 16.3. The van der Waals surface area contributed by atoms with E-state index in [9.17, 15) is 19.7 Å². The molecular formula is C25H25N3O5S. The molecule has 2 N–H and O–H groups in total. The molecule has 0 aliphatic carbocycles. The zero-order valence-corrected chi connectivity index (χ0v) is 19.8. The van der Waals surface area contributed by atoms with Gasteiger partial charge in [-0.05, 0) is 55.3 Å². The number of nitrogens with zero attached hydrogens (tertiary/aromatic N) is 1. The Bertz CT molecular complexity index is 1210. The van der Waals surface area contributed by atoms with Crippen LogP contribution in [0.25, 0.3) is 0 Å². The maximum Gasteiger partial charge on any atom is 0.271 e. The van der Waals surface area contributed by atoms with Crippen molar-refractivity contribution in [3.05, 3.63) is 88.0 Å². The lowest BCUT2D eigenvalue weighted by Gasteiger charge is -2.16. The molecule has 0 aliphatic heterocycles. The first-order valence-corrected chi connectivity index (χ1v) is 11.5. The monoisotopic (exact) mass is 479 g/mol. The number of ether oxygens (including phenoxy) is 1. The summed E-state index contributed by atoms with van der Waals surface area (Å²) in [6, 6.07) is 18.5. The second-order valence-electron chi connectivity index (χ2n) is 7.47. The van der Waals surface area contributed by atoms with Crippen LogP contribution in [0.1, 0.15) is 29.3 Å². The Kier molecular flexibility index (Phi) is 8.26. The molecule has 0 saturated carbocycles. The summed E-state index contributed by atoms with van der Waals surface area (Å²) < 4.78 is 5.17. The molecule has 0 spiro atoms. The Morgan fingerprint density at radius 2 is 1.82 bits per heavy atom. The molecule has 0 aromatic heterocycles. The third-order valence-corrected chi connectivity index (χ3v) is 6.41. The average Bonchev–Trinajstić information content (AvgIpc) is 2.83. The Morgan fingerprint density at radius 1 is 1.06 bits per heavy atom. The molecule has 0 radical (unpaired) electrons. The van der Waals surface area contributed by atoms with Crippen molar-refractivity contribution in [3.8, 4) is 5.75 Å². The van der Waals surface area contributed by atoms with Gasteiger partial charge in [-0.1, -0.05) is 25.1 Å². The standard InChI is InChI=1S/C25H25N3O5S/c1-4-23(25(30)27-22-15-19(28(31)32)12-11-16(22)2)34-21-10-6-8-18(14-21)26-24(29)17-7-5-9-20(13-17)33-3/h5-15,23H,4H2,1-3H3,(H,26,29)(H,27,30). The number of methoxy groups -OCH3 is 1. The van der Waals surface area contributed by atoms with E-state index in [-0.39, 0.29) is 17.5 Å². The van der Waals surface area contributed by atoms with Gasteiger partial charge in [0.15, 0.2) is 0 Å². The summed E-state index contributed by atoms with van der Waals surface area (Å²) >= 11 is 1.36. The van der Waals surface area contributed by atoms with Gasteiger partial charge in [0.05, 0.1) is 23.0 Å². The smallest absolute Gasteiger partial charge is 0.271 e. The van der Waals surface area contributed by atoms with E-state index < -0.39 is 10.2 Å². The lowest BCUT2D eigenvalue weighted by Crippen LogP contribution is -2.25. The summed E-state index contributed by atoms with van der Waals surface area (Å²) in [4.78, 5) is 36.9. The van der Waals surface area contributed by atoms with E-state index in [0.717, 1.165) is 10.5 Å². The van der Waals surface area contributed by atoms with Crippen molar-refractivity contribution in [2.75, 3.05) is 17.7 Å². The number of nitro benzene ring substituents is 1. The van der Waals surface area contributed by atoms with Gasteiger partial charge in [-0.2, -0.15) is 0 Å². The van der Waals surface area contributed by atoms with Crippen LogP contribution in [-0.4, -0.2) is 29.1 Å². The molecule has 0 aliphatic rings. The highest BCUT2D eigenvalue weighted by Crippen LogP contribution is 2.30. The lowest BCUT2D eigenvalue weighted by molar-refractivity contribution is -0.384. The first kappa shape index (κ1) is 24.8. The molecule has 3 aromatic rings. The van der Waals surface area contributed by atoms with Crippen molar-refractivity contribution < 1.29 is 19.2 Å². The average molecular weight is 480 g/mol. The summed E-state index contributed by atoms with van der Waals surface area (Å²) in [6.07, 6.45) is 0.546. The van der Waals surface area contributed by atoms with Crippen molar-refractivity contribution in [1.82, 2.24) is 0 Å². The van der Waals surface area contributed by atoms with Gasteiger partial charge in [0.1, 0.15) is 5.75 Å². The maximum absolute atomic E-state index is 12.9. The molecule has 176 valence electrons. The van der Waals surface area contributed by atoms with Crippen LogP contribution in [0, 0.1) is 17.0 Å². The van der Waals surface area contributed by atoms with E-state index >= 15 is 0 Å². The second-order valence-corrected chi connectivity index (χ2v) is 8.75. The van der Waals surface area contributed by atoms with Gasteiger partial charge in [0.2, 0.25) is 5.91 Å². The summed E-state index contributed by atoms with van der Waals surface area (Å²) in [6.45, 7) is 3.67. The number of carbonyl (C=O) groups is 2. The molecule has 3 rings (SSSR count). The zero-order chi connectivity index (χ0) is 24.7. The number of thioether (sulfide) groups is 1. The zero-order valence-electron chi connectivity index (χ0n) is 19.0. The molecule has 3 aromatic carbocycles. The number of anilines is 2. The number of nitrogens with one attached hydrogen (secondary N) is 2. The number of non-ortho nitro benzene ring substituents is 1. The van der Waals surface area contributed by atoms with Gasteiger partial charge in [0, 0.05) is 28.3 Å². The highest BCUT2D eigenvalue weighted by Gasteiger charge is 2.20. The number of aryl methyl sites for hydroxylation is 1. The van der Waals surface area contributed by atoms with Crippen molar-refractivity contribution in [2.24, 2.45) is 0 Å². The number of benzene rings is 3. The molecule has 1 atom stereocenters. The molecule has 0 fully saturated rings.